The van der Waals surface area contributed by atoms with E-state index in [1.165, 1.54) is 0 Å². The molecular weight excluding hydrogens is 154 g/mol. The van der Waals surface area contributed by atoms with E-state index in [1.54, 1.807) is 6.92 Å². The molecule has 2 N–H and O–H groups in total. The van der Waals surface area contributed by atoms with E-state index in [-0.39, 0.29) is 18.1 Å². The molecule has 10 heavy (non-hydrogen) atoms. The largest absolute Gasteiger partial charge is 0.772 e. The number of rotatable bonds is 4. The van der Waals surface area contributed by atoms with Crippen LogP contribution < -0.4 is 5.73 Å². The monoisotopic (exact) mass is 164 g/mol. The van der Waals surface area contributed by atoms with E-state index in [9.17, 15) is 13.6 Å². The molecule has 60 valence electrons. The maximum absolute atomic E-state index is 10.2. The Hall–Kier alpha value is -0.420. The van der Waals surface area contributed by atoms with Crippen molar-refractivity contribution in [1.82, 2.24) is 0 Å². The maximum atomic E-state index is 10.2. The molecule has 1 amide bonds. The normalized spacial score (nSPS) is 16.2. The van der Waals surface area contributed by atoms with Crippen LogP contribution in [0.2, 0.25) is 0 Å². The first-order valence-electron chi connectivity index (χ1n) is 2.86. The number of hydrogen-bond donors (Lipinski definition) is 1. The van der Waals surface area contributed by atoms with Gasteiger partial charge in [-0.25, -0.2) is 0 Å². The van der Waals surface area contributed by atoms with Crippen LogP contribution in [0.4, 0.5) is 0 Å². The molecule has 0 fully saturated rings. The van der Waals surface area contributed by atoms with E-state index < -0.39 is 17.0 Å². The van der Waals surface area contributed by atoms with Gasteiger partial charge in [0.05, 0.1) is 0 Å². The molecule has 2 atom stereocenters. The second kappa shape index (κ2) is 4.40. The van der Waals surface area contributed by atoms with Crippen LogP contribution in [0.15, 0.2) is 0 Å². The molecule has 0 spiro atoms. The van der Waals surface area contributed by atoms with Crippen LogP contribution in [0.3, 0.4) is 0 Å². The van der Waals surface area contributed by atoms with Crippen molar-refractivity contribution in [3.05, 3.63) is 0 Å². The van der Waals surface area contributed by atoms with Gasteiger partial charge in [0.15, 0.2) is 0 Å². The van der Waals surface area contributed by atoms with E-state index >= 15 is 0 Å². The summed E-state index contributed by atoms with van der Waals surface area (Å²) in [5.41, 5.74) is 4.83. The van der Waals surface area contributed by atoms with Crippen LogP contribution in [0.5, 0.6) is 0 Å². The van der Waals surface area contributed by atoms with Crippen molar-refractivity contribution in [3.63, 3.8) is 0 Å². The molecule has 0 rings (SSSR count). The first kappa shape index (κ1) is 9.58. The third kappa shape index (κ3) is 5.71. The number of amides is 1. The zero-order valence-electron chi connectivity index (χ0n) is 5.70. The zero-order valence-corrected chi connectivity index (χ0v) is 6.52. The van der Waals surface area contributed by atoms with Crippen molar-refractivity contribution in [3.8, 4) is 0 Å². The number of hydrogen-bond acceptors (Lipinski definition) is 3. The van der Waals surface area contributed by atoms with Crippen LogP contribution in [-0.4, -0.2) is 20.4 Å². The van der Waals surface area contributed by atoms with Crippen LogP contribution in [0, 0.1) is 5.92 Å². The van der Waals surface area contributed by atoms with Gasteiger partial charge in [0.2, 0.25) is 5.91 Å². The summed E-state index contributed by atoms with van der Waals surface area (Å²) in [6.45, 7) is 1.67. The van der Waals surface area contributed by atoms with Crippen molar-refractivity contribution in [2.75, 3.05) is 5.75 Å². The third-order valence-corrected chi connectivity index (χ3v) is 1.81. The molecule has 0 aliphatic carbocycles. The van der Waals surface area contributed by atoms with Gasteiger partial charge in [-0.15, -0.1) is 0 Å². The standard InChI is InChI=1S/C5H11NO3S/c1-4(2-5(6)7)3-10(8)9/h4H,2-3H2,1H3,(H2,6,7)(H,8,9)/p-1. The average molecular weight is 164 g/mol. The molecule has 0 bridgehead atoms. The van der Waals surface area contributed by atoms with E-state index in [4.69, 9.17) is 5.73 Å². The van der Waals surface area contributed by atoms with Gasteiger partial charge in [-0.05, 0) is 5.92 Å². The maximum Gasteiger partial charge on any atom is 0.217 e. The predicted octanol–water partition coefficient (Wildman–Crippen LogP) is -0.623. The molecule has 0 aliphatic rings. The Morgan fingerprint density at radius 3 is 2.60 bits per heavy atom. The minimum atomic E-state index is -2.07. The minimum absolute atomic E-state index is 0.00292. The van der Waals surface area contributed by atoms with Gasteiger partial charge in [0.25, 0.3) is 0 Å². The Morgan fingerprint density at radius 1 is 1.80 bits per heavy atom. The van der Waals surface area contributed by atoms with Gasteiger partial charge in [0.1, 0.15) is 0 Å². The Labute approximate surface area is 62.1 Å². The van der Waals surface area contributed by atoms with Crippen molar-refractivity contribution in [1.29, 1.82) is 0 Å². The molecule has 0 saturated carbocycles. The molecule has 0 radical (unpaired) electrons. The number of carbonyl (C=O) groups excluding carboxylic acids is 1. The lowest BCUT2D eigenvalue weighted by Crippen LogP contribution is -2.18. The molecule has 0 aliphatic heterocycles. The predicted molar refractivity (Wildman–Crippen MR) is 36.8 cm³/mol. The summed E-state index contributed by atoms with van der Waals surface area (Å²) in [6, 6.07) is 0. The molecule has 0 aromatic heterocycles. The van der Waals surface area contributed by atoms with Gasteiger partial charge in [-0.2, -0.15) is 0 Å². The Bertz CT molecular complexity index is 132. The lowest BCUT2D eigenvalue weighted by Gasteiger charge is -2.10. The highest BCUT2D eigenvalue weighted by atomic mass is 32.2. The summed E-state index contributed by atoms with van der Waals surface area (Å²) in [4.78, 5) is 10.2. The van der Waals surface area contributed by atoms with Gasteiger partial charge in [0, 0.05) is 12.2 Å². The van der Waals surface area contributed by atoms with Gasteiger partial charge < -0.3 is 10.3 Å². The fraction of sp³-hybridized carbons (Fsp3) is 0.800. The summed E-state index contributed by atoms with van der Waals surface area (Å²) >= 11 is -2.07. The first-order chi connectivity index (χ1) is 4.52. The number of primary amides is 1. The molecule has 0 aromatic carbocycles. The smallest absolute Gasteiger partial charge is 0.217 e. The Morgan fingerprint density at radius 2 is 2.30 bits per heavy atom. The topological polar surface area (TPSA) is 83.2 Å². The molecule has 5 heteroatoms. The average Bonchev–Trinajstić information content (AvgIpc) is 1.58. The summed E-state index contributed by atoms with van der Waals surface area (Å²) < 4.78 is 20.1. The summed E-state index contributed by atoms with van der Waals surface area (Å²) in [5.74, 6) is -0.628. The molecule has 0 saturated heterocycles. The first-order valence-corrected chi connectivity index (χ1v) is 4.11. The summed E-state index contributed by atoms with van der Waals surface area (Å²) in [7, 11) is 0. The van der Waals surface area contributed by atoms with Gasteiger partial charge in [-0.3, -0.25) is 9.00 Å². The van der Waals surface area contributed by atoms with Crippen molar-refractivity contribution in [2.45, 2.75) is 13.3 Å². The van der Waals surface area contributed by atoms with Crippen molar-refractivity contribution < 1.29 is 13.6 Å². The SMILES string of the molecule is CC(CC(N)=O)CS(=O)[O-]. The Kier molecular flexibility index (Phi) is 4.22. The molecule has 0 heterocycles. The van der Waals surface area contributed by atoms with Crippen molar-refractivity contribution in [2.24, 2.45) is 11.7 Å². The highest BCUT2D eigenvalue weighted by molar-refractivity contribution is 7.79. The van der Waals surface area contributed by atoms with Crippen LogP contribution in [0.1, 0.15) is 13.3 Å². The zero-order chi connectivity index (χ0) is 8.15. The summed E-state index contributed by atoms with van der Waals surface area (Å²) in [6.07, 6.45) is 0.133. The molecular formula is C5H10NO3S-. The second-order valence-corrected chi connectivity index (χ2v) is 3.19. The lowest BCUT2D eigenvalue weighted by molar-refractivity contribution is -0.118. The van der Waals surface area contributed by atoms with Crippen LogP contribution in [0.25, 0.3) is 0 Å². The molecule has 2 unspecified atom stereocenters. The quantitative estimate of drug-likeness (QED) is 0.562. The van der Waals surface area contributed by atoms with Gasteiger partial charge in [-0.1, -0.05) is 18.0 Å². The summed E-state index contributed by atoms with van der Waals surface area (Å²) in [5, 5.41) is 0. The highest BCUT2D eigenvalue weighted by Crippen LogP contribution is 2.01. The van der Waals surface area contributed by atoms with Gasteiger partial charge >= 0.3 is 0 Å². The minimum Gasteiger partial charge on any atom is -0.772 e. The van der Waals surface area contributed by atoms with E-state index in [0.717, 1.165) is 0 Å². The lowest BCUT2D eigenvalue weighted by atomic mass is 10.1. The van der Waals surface area contributed by atoms with E-state index in [2.05, 4.69) is 0 Å². The fourth-order valence-corrected chi connectivity index (χ4v) is 1.22. The Balaban J connectivity index is 3.53. The highest BCUT2D eigenvalue weighted by Gasteiger charge is 2.04. The third-order valence-electron chi connectivity index (χ3n) is 0.970. The van der Waals surface area contributed by atoms with E-state index in [0.29, 0.717) is 0 Å². The van der Waals surface area contributed by atoms with Crippen LogP contribution >= 0.6 is 0 Å². The van der Waals surface area contributed by atoms with E-state index in [1.807, 2.05) is 0 Å². The molecule has 4 nitrogen and oxygen atoms in total. The van der Waals surface area contributed by atoms with Crippen LogP contribution in [-0.2, 0) is 15.9 Å². The molecule has 0 aromatic rings. The second-order valence-electron chi connectivity index (χ2n) is 2.25. The fourth-order valence-electron chi connectivity index (χ4n) is 0.635. The number of carbonyl (C=O) groups is 1. The van der Waals surface area contributed by atoms with Crippen molar-refractivity contribution >= 4 is 17.0 Å². The number of nitrogens with two attached hydrogens (primary N) is 1.